The van der Waals surface area contributed by atoms with Crippen LogP contribution >= 0.6 is 0 Å². The molecule has 0 bridgehead atoms. The van der Waals surface area contributed by atoms with Crippen LogP contribution in [-0.4, -0.2) is 17.8 Å². The van der Waals surface area contributed by atoms with Crippen LogP contribution < -0.4 is 0 Å². The predicted octanol–water partition coefficient (Wildman–Crippen LogP) is 2.09. The molecule has 1 rings (SSSR count). The van der Waals surface area contributed by atoms with E-state index in [4.69, 9.17) is 4.74 Å². The number of hydrogen-bond donors (Lipinski definition) is 1. The van der Waals surface area contributed by atoms with Crippen molar-refractivity contribution in [3.63, 3.8) is 0 Å². The van der Waals surface area contributed by atoms with Crippen LogP contribution in [0.1, 0.15) is 33.1 Å². The lowest BCUT2D eigenvalue weighted by atomic mass is 10.00. The fourth-order valence-electron chi connectivity index (χ4n) is 1.33. The number of ether oxygens (including phenoxy) is 1. The van der Waals surface area contributed by atoms with Crippen molar-refractivity contribution < 1.29 is 9.84 Å². The van der Waals surface area contributed by atoms with Gasteiger partial charge in [-0.25, -0.2) is 0 Å². The molecule has 0 saturated carbocycles. The van der Waals surface area contributed by atoms with Crippen LogP contribution in [0.15, 0.2) is 11.8 Å². The lowest BCUT2D eigenvalue weighted by Gasteiger charge is -2.15. The lowest BCUT2D eigenvalue weighted by Crippen LogP contribution is -2.14. The minimum atomic E-state index is -0.373. The Morgan fingerprint density at radius 3 is 2.92 bits per heavy atom. The number of hydrogen-bond acceptors (Lipinski definition) is 2. The van der Waals surface area contributed by atoms with E-state index in [1.54, 1.807) is 0 Å². The number of aliphatic hydroxyl groups excluding tert-OH is 1. The second-order valence-corrected chi connectivity index (χ2v) is 3.51. The van der Waals surface area contributed by atoms with Gasteiger partial charge in [-0.05, 0) is 18.4 Å². The Morgan fingerprint density at radius 1 is 1.67 bits per heavy atom. The maximum absolute atomic E-state index is 9.66. The standard InChI is InChI=1S/C10H18O2/c1-3-8(2)7-9(11)10-5-4-6-12-10/h5,8-9,11H,3-4,6-7H2,1-2H3. The van der Waals surface area contributed by atoms with E-state index in [-0.39, 0.29) is 6.10 Å². The highest BCUT2D eigenvalue weighted by atomic mass is 16.5. The second kappa shape index (κ2) is 4.51. The number of aliphatic hydroxyl groups is 1. The molecule has 0 spiro atoms. The van der Waals surface area contributed by atoms with Gasteiger partial charge >= 0.3 is 0 Å². The van der Waals surface area contributed by atoms with Crippen molar-refractivity contribution in [2.45, 2.75) is 39.2 Å². The summed E-state index contributed by atoms with van der Waals surface area (Å²) in [5, 5.41) is 9.66. The van der Waals surface area contributed by atoms with Gasteiger partial charge in [0.25, 0.3) is 0 Å². The van der Waals surface area contributed by atoms with Gasteiger partial charge in [0.05, 0.1) is 6.61 Å². The quantitative estimate of drug-likeness (QED) is 0.700. The topological polar surface area (TPSA) is 29.5 Å². The van der Waals surface area contributed by atoms with Gasteiger partial charge in [0.2, 0.25) is 0 Å². The summed E-state index contributed by atoms with van der Waals surface area (Å²) in [6, 6.07) is 0. The van der Waals surface area contributed by atoms with Gasteiger partial charge < -0.3 is 9.84 Å². The van der Waals surface area contributed by atoms with Crippen LogP contribution in [-0.2, 0) is 4.74 Å². The van der Waals surface area contributed by atoms with Gasteiger partial charge in [-0.1, -0.05) is 20.3 Å². The van der Waals surface area contributed by atoms with Gasteiger partial charge in [0.15, 0.2) is 0 Å². The molecule has 2 nitrogen and oxygen atoms in total. The highest BCUT2D eigenvalue weighted by Gasteiger charge is 2.17. The zero-order chi connectivity index (χ0) is 8.97. The summed E-state index contributed by atoms with van der Waals surface area (Å²) in [5.74, 6) is 1.36. The summed E-state index contributed by atoms with van der Waals surface area (Å²) in [4.78, 5) is 0. The zero-order valence-corrected chi connectivity index (χ0v) is 7.92. The third-order valence-electron chi connectivity index (χ3n) is 2.38. The van der Waals surface area contributed by atoms with Crippen LogP contribution in [0.5, 0.6) is 0 Å². The summed E-state index contributed by atoms with van der Waals surface area (Å²) < 4.78 is 5.27. The number of rotatable bonds is 4. The van der Waals surface area contributed by atoms with Gasteiger partial charge in [0.1, 0.15) is 11.9 Å². The fraction of sp³-hybridized carbons (Fsp3) is 0.800. The Morgan fingerprint density at radius 2 is 2.42 bits per heavy atom. The van der Waals surface area contributed by atoms with E-state index in [2.05, 4.69) is 13.8 Å². The first-order chi connectivity index (χ1) is 5.74. The third kappa shape index (κ3) is 2.52. The van der Waals surface area contributed by atoms with Crippen molar-refractivity contribution in [3.8, 4) is 0 Å². The summed E-state index contributed by atoms with van der Waals surface area (Å²) in [6.45, 7) is 5.03. The molecule has 2 atom stereocenters. The summed E-state index contributed by atoms with van der Waals surface area (Å²) in [5.41, 5.74) is 0. The molecule has 0 aromatic rings. The molecule has 1 aliphatic heterocycles. The average molecular weight is 170 g/mol. The molecule has 0 radical (unpaired) electrons. The smallest absolute Gasteiger partial charge is 0.121 e. The van der Waals surface area contributed by atoms with Crippen LogP contribution in [0.3, 0.4) is 0 Å². The molecule has 1 aliphatic rings. The largest absolute Gasteiger partial charge is 0.495 e. The van der Waals surface area contributed by atoms with Crippen molar-refractivity contribution in [2.24, 2.45) is 5.92 Å². The van der Waals surface area contributed by atoms with E-state index < -0.39 is 0 Å². The SMILES string of the molecule is CCC(C)CC(O)C1=CCCO1. The summed E-state index contributed by atoms with van der Waals surface area (Å²) in [6.07, 6.45) is 4.51. The molecular weight excluding hydrogens is 152 g/mol. The van der Waals surface area contributed by atoms with Gasteiger partial charge in [-0.15, -0.1) is 0 Å². The Hall–Kier alpha value is -0.500. The summed E-state index contributed by atoms with van der Waals surface area (Å²) in [7, 11) is 0. The van der Waals surface area contributed by atoms with Crippen LogP contribution in [0, 0.1) is 5.92 Å². The van der Waals surface area contributed by atoms with Crippen LogP contribution in [0.2, 0.25) is 0 Å². The van der Waals surface area contributed by atoms with E-state index in [0.717, 1.165) is 31.6 Å². The maximum Gasteiger partial charge on any atom is 0.121 e. The van der Waals surface area contributed by atoms with Gasteiger partial charge in [-0.2, -0.15) is 0 Å². The first-order valence-electron chi connectivity index (χ1n) is 4.75. The first-order valence-corrected chi connectivity index (χ1v) is 4.75. The van der Waals surface area contributed by atoms with E-state index in [9.17, 15) is 5.11 Å². The molecule has 0 aliphatic carbocycles. The van der Waals surface area contributed by atoms with Crippen molar-refractivity contribution in [2.75, 3.05) is 6.61 Å². The fourth-order valence-corrected chi connectivity index (χ4v) is 1.33. The molecule has 0 aromatic carbocycles. The van der Waals surface area contributed by atoms with Crippen molar-refractivity contribution in [1.29, 1.82) is 0 Å². The van der Waals surface area contributed by atoms with Gasteiger partial charge in [-0.3, -0.25) is 0 Å². The third-order valence-corrected chi connectivity index (χ3v) is 2.38. The zero-order valence-electron chi connectivity index (χ0n) is 7.92. The molecule has 2 heteroatoms. The lowest BCUT2D eigenvalue weighted by molar-refractivity contribution is 0.100. The van der Waals surface area contributed by atoms with Crippen molar-refractivity contribution in [3.05, 3.63) is 11.8 Å². The molecule has 1 heterocycles. The van der Waals surface area contributed by atoms with Crippen molar-refractivity contribution >= 4 is 0 Å². The van der Waals surface area contributed by atoms with Crippen LogP contribution in [0.4, 0.5) is 0 Å². The van der Waals surface area contributed by atoms with Crippen LogP contribution in [0.25, 0.3) is 0 Å². The van der Waals surface area contributed by atoms with E-state index in [1.165, 1.54) is 0 Å². The molecule has 0 fully saturated rings. The van der Waals surface area contributed by atoms with E-state index in [1.807, 2.05) is 6.08 Å². The highest BCUT2D eigenvalue weighted by Crippen LogP contribution is 2.20. The first kappa shape index (κ1) is 9.59. The molecule has 70 valence electrons. The Labute approximate surface area is 74.2 Å². The molecule has 0 amide bonds. The minimum absolute atomic E-state index is 0.373. The second-order valence-electron chi connectivity index (χ2n) is 3.51. The highest BCUT2D eigenvalue weighted by molar-refractivity contribution is 5.03. The molecule has 1 N–H and O–H groups in total. The monoisotopic (exact) mass is 170 g/mol. The average Bonchev–Trinajstić information content (AvgIpc) is 2.56. The molecule has 0 aromatic heterocycles. The van der Waals surface area contributed by atoms with E-state index >= 15 is 0 Å². The van der Waals surface area contributed by atoms with Crippen molar-refractivity contribution in [1.82, 2.24) is 0 Å². The Balaban J connectivity index is 2.31. The molecule has 12 heavy (non-hydrogen) atoms. The summed E-state index contributed by atoms with van der Waals surface area (Å²) >= 11 is 0. The minimum Gasteiger partial charge on any atom is -0.495 e. The Bertz CT molecular complexity index is 163. The van der Waals surface area contributed by atoms with Gasteiger partial charge in [0, 0.05) is 6.42 Å². The predicted molar refractivity (Wildman–Crippen MR) is 48.7 cm³/mol. The molecule has 0 saturated heterocycles. The maximum atomic E-state index is 9.66. The molecule has 2 unspecified atom stereocenters. The normalized spacial score (nSPS) is 21.4. The van der Waals surface area contributed by atoms with E-state index in [0.29, 0.717) is 5.92 Å². The Kier molecular flexibility index (Phi) is 3.60. The molecular formula is C10H18O2.